The van der Waals surface area contributed by atoms with Gasteiger partial charge >= 0.3 is 0 Å². The molecule has 1 unspecified atom stereocenters. The molecule has 1 atom stereocenters. The van der Waals surface area contributed by atoms with E-state index in [0.717, 1.165) is 17.7 Å². The van der Waals surface area contributed by atoms with Crippen LogP contribution in [0.5, 0.6) is 5.75 Å². The average molecular weight is 312 g/mol. The monoisotopic (exact) mass is 312 g/mol. The van der Waals surface area contributed by atoms with E-state index >= 15 is 0 Å². The molecule has 0 N–H and O–H groups in total. The van der Waals surface area contributed by atoms with Gasteiger partial charge in [0.1, 0.15) is 5.75 Å². The summed E-state index contributed by atoms with van der Waals surface area (Å²) < 4.78 is 5.82. The molecular formula is C18H16O3S. The fraction of sp³-hybridized carbons (Fsp3) is 0.222. The predicted molar refractivity (Wildman–Crippen MR) is 86.5 cm³/mol. The van der Waals surface area contributed by atoms with Crippen molar-refractivity contribution in [2.45, 2.75) is 29.6 Å². The van der Waals surface area contributed by atoms with Crippen molar-refractivity contribution in [2.75, 3.05) is 6.61 Å². The first kappa shape index (κ1) is 14.8. The molecule has 0 spiro atoms. The number of hydrogen-bond donors (Lipinski definition) is 0. The zero-order valence-electron chi connectivity index (χ0n) is 12.3. The number of hydrogen-bond acceptors (Lipinski definition) is 3. The van der Waals surface area contributed by atoms with Crippen LogP contribution in [0, 0.1) is 0 Å². The van der Waals surface area contributed by atoms with Gasteiger partial charge in [-0.15, -0.1) is 0 Å². The maximum Gasteiger partial charge on any atom is 0.195 e. The van der Waals surface area contributed by atoms with Crippen molar-refractivity contribution >= 4 is 21.5 Å². The molecule has 112 valence electrons. The third-order valence-corrected chi connectivity index (χ3v) is 5.41. The molecule has 0 saturated carbocycles. The Morgan fingerprint density at radius 3 is 2.64 bits per heavy atom. The summed E-state index contributed by atoms with van der Waals surface area (Å²) >= 11 is 0. The maximum atomic E-state index is 12.7. The minimum absolute atomic E-state index is 0.0504. The number of rotatable bonds is 4. The van der Waals surface area contributed by atoms with Gasteiger partial charge in [0.25, 0.3) is 0 Å². The Hall–Kier alpha value is -2.16. The van der Waals surface area contributed by atoms with Crippen LogP contribution in [-0.2, 0) is 4.79 Å². The molecule has 4 heteroatoms. The van der Waals surface area contributed by atoms with Crippen molar-refractivity contribution in [3.05, 3.63) is 53.6 Å². The van der Waals surface area contributed by atoms with Crippen molar-refractivity contribution in [3.8, 4) is 5.75 Å². The third-order valence-electron chi connectivity index (χ3n) is 3.62. The molecular weight excluding hydrogens is 296 g/mol. The lowest BCUT2D eigenvalue weighted by molar-refractivity contribution is 0.103. The highest BCUT2D eigenvalue weighted by Gasteiger charge is 2.29. The fourth-order valence-corrected chi connectivity index (χ4v) is 4.22. The van der Waals surface area contributed by atoms with Gasteiger partial charge in [0.05, 0.1) is 11.5 Å². The van der Waals surface area contributed by atoms with Crippen LogP contribution in [0.3, 0.4) is 0 Å². The second kappa shape index (κ2) is 6.30. The van der Waals surface area contributed by atoms with Crippen LogP contribution in [-0.4, -0.2) is 17.6 Å². The van der Waals surface area contributed by atoms with Crippen molar-refractivity contribution in [1.82, 2.24) is 0 Å². The zero-order valence-corrected chi connectivity index (χ0v) is 13.1. The molecule has 0 aromatic heterocycles. The second-order valence-corrected chi connectivity index (χ2v) is 6.68. The third kappa shape index (κ3) is 2.41. The Morgan fingerprint density at radius 1 is 1.09 bits per heavy atom. The SMILES string of the molecule is CCCCOc1cccc2c1S(=C=O)c1ccccc1C2=O. The van der Waals surface area contributed by atoms with E-state index < -0.39 is 10.5 Å². The van der Waals surface area contributed by atoms with E-state index in [-0.39, 0.29) is 5.78 Å². The number of carbonyl (C=O) groups excluding carboxylic acids is 2. The van der Waals surface area contributed by atoms with Crippen molar-refractivity contribution in [1.29, 1.82) is 0 Å². The Bertz CT molecular complexity index is 789. The van der Waals surface area contributed by atoms with Gasteiger partial charge in [-0.05, 0) is 41.2 Å². The van der Waals surface area contributed by atoms with E-state index in [1.54, 1.807) is 18.2 Å². The highest BCUT2D eigenvalue weighted by molar-refractivity contribution is 8.14. The second-order valence-electron chi connectivity index (χ2n) is 5.05. The van der Waals surface area contributed by atoms with Gasteiger partial charge in [-0.2, -0.15) is 0 Å². The van der Waals surface area contributed by atoms with Gasteiger partial charge in [-0.1, -0.05) is 31.5 Å². The lowest BCUT2D eigenvalue weighted by Gasteiger charge is -2.22. The Balaban J connectivity index is 2.16. The summed E-state index contributed by atoms with van der Waals surface area (Å²) in [6.07, 6.45) is 1.97. The molecule has 1 aliphatic heterocycles. The van der Waals surface area contributed by atoms with Gasteiger partial charge in [0.2, 0.25) is 0 Å². The lowest BCUT2D eigenvalue weighted by atomic mass is 10.0. The molecule has 1 heterocycles. The number of carbonyl (C=O) groups is 1. The molecule has 2 aromatic carbocycles. The Labute approximate surface area is 131 Å². The standard InChI is InChI=1S/C18H16O3S/c1-2-3-11-21-15-9-6-8-14-17(20)13-7-4-5-10-16(13)22(12-19)18(14)15/h4-10H,2-3,11H2,1H3. The Kier molecular flexibility index (Phi) is 4.23. The molecule has 3 rings (SSSR count). The van der Waals surface area contributed by atoms with E-state index in [4.69, 9.17) is 4.74 Å². The zero-order chi connectivity index (χ0) is 15.5. The minimum atomic E-state index is -0.891. The topological polar surface area (TPSA) is 43.4 Å². The van der Waals surface area contributed by atoms with Crippen LogP contribution in [0.1, 0.15) is 35.7 Å². The first-order valence-corrected chi connectivity index (χ1v) is 8.52. The number of benzene rings is 2. The van der Waals surface area contributed by atoms with Crippen LogP contribution < -0.4 is 4.74 Å². The molecule has 1 aliphatic rings. The molecule has 2 aromatic rings. The first-order chi connectivity index (χ1) is 10.8. The maximum absolute atomic E-state index is 12.7. The molecule has 0 fully saturated rings. The summed E-state index contributed by atoms with van der Waals surface area (Å²) in [4.78, 5) is 25.7. The molecule has 0 aliphatic carbocycles. The molecule has 22 heavy (non-hydrogen) atoms. The molecule has 0 amide bonds. The van der Waals surface area contributed by atoms with Crippen LogP contribution in [0.15, 0.2) is 52.3 Å². The molecule has 0 radical (unpaired) electrons. The van der Waals surface area contributed by atoms with Crippen LogP contribution in [0.4, 0.5) is 0 Å². The summed E-state index contributed by atoms with van der Waals surface area (Å²) in [5, 5.41) is 2.11. The summed E-state index contributed by atoms with van der Waals surface area (Å²) in [7, 11) is -0.891. The van der Waals surface area contributed by atoms with E-state index in [2.05, 4.69) is 12.2 Å². The quantitative estimate of drug-likeness (QED) is 0.536. The van der Waals surface area contributed by atoms with Crippen molar-refractivity contribution in [2.24, 2.45) is 0 Å². The smallest absolute Gasteiger partial charge is 0.195 e. The van der Waals surface area contributed by atoms with Crippen LogP contribution in [0.25, 0.3) is 0 Å². The summed E-state index contributed by atoms with van der Waals surface area (Å²) in [6.45, 7) is 2.67. The number of ketones is 1. The van der Waals surface area contributed by atoms with E-state index in [1.807, 2.05) is 24.3 Å². The van der Waals surface area contributed by atoms with Gasteiger partial charge in [0, 0.05) is 16.0 Å². The van der Waals surface area contributed by atoms with Gasteiger partial charge in [-0.25, -0.2) is 4.79 Å². The molecule has 3 nitrogen and oxygen atoms in total. The summed E-state index contributed by atoms with van der Waals surface area (Å²) in [5.74, 6) is 0.575. The van der Waals surface area contributed by atoms with E-state index in [9.17, 15) is 9.59 Å². The van der Waals surface area contributed by atoms with Crippen molar-refractivity contribution < 1.29 is 14.3 Å². The van der Waals surface area contributed by atoms with Crippen LogP contribution in [0.2, 0.25) is 0 Å². The molecule has 0 bridgehead atoms. The predicted octanol–water partition coefficient (Wildman–Crippen LogP) is 4.16. The van der Waals surface area contributed by atoms with Crippen molar-refractivity contribution in [3.63, 3.8) is 0 Å². The highest BCUT2D eigenvalue weighted by Crippen LogP contribution is 2.48. The number of unbranched alkanes of at least 4 members (excludes halogenated alkanes) is 1. The van der Waals surface area contributed by atoms with Gasteiger partial charge in [-0.3, -0.25) is 4.79 Å². The first-order valence-electron chi connectivity index (χ1n) is 7.29. The van der Waals surface area contributed by atoms with E-state index in [1.165, 1.54) is 0 Å². The average Bonchev–Trinajstić information content (AvgIpc) is 2.56. The molecule has 0 saturated heterocycles. The van der Waals surface area contributed by atoms with Gasteiger partial charge in [0.15, 0.2) is 11.0 Å². The lowest BCUT2D eigenvalue weighted by Crippen LogP contribution is -2.12. The summed E-state index contributed by atoms with van der Waals surface area (Å²) in [6, 6.07) is 12.6. The highest BCUT2D eigenvalue weighted by atomic mass is 32.2. The normalized spacial score (nSPS) is 15.7. The largest absolute Gasteiger partial charge is 0.492 e. The van der Waals surface area contributed by atoms with E-state index in [0.29, 0.717) is 28.4 Å². The van der Waals surface area contributed by atoms with Crippen LogP contribution >= 0.6 is 10.5 Å². The Morgan fingerprint density at radius 2 is 1.86 bits per heavy atom. The number of fused-ring (bicyclic) bond motifs is 2. The minimum Gasteiger partial charge on any atom is -0.492 e. The fourth-order valence-electron chi connectivity index (χ4n) is 2.52. The number of ether oxygens (including phenoxy) is 1. The summed E-state index contributed by atoms with van der Waals surface area (Å²) in [5.41, 5.74) is 1.15. The van der Waals surface area contributed by atoms with Gasteiger partial charge < -0.3 is 4.74 Å².